The number of anilines is 1. The first-order valence-corrected chi connectivity index (χ1v) is 5.61. The second-order valence-electron chi connectivity index (χ2n) is 3.43. The summed E-state index contributed by atoms with van der Waals surface area (Å²) in [6, 6.07) is 1.56. The SMILES string of the molecule is COCCNC(=O)c1ccnc(NCCOC)n1. The van der Waals surface area contributed by atoms with E-state index in [-0.39, 0.29) is 5.91 Å². The van der Waals surface area contributed by atoms with Gasteiger partial charge in [0.1, 0.15) is 5.69 Å². The lowest BCUT2D eigenvalue weighted by molar-refractivity contribution is 0.0932. The van der Waals surface area contributed by atoms with Gasteiger partial charge in [0.25, 0.3) is 5.91 Å². The van der Waals surface area contributed by atoms with Gasteiger partial charge in [-0.3, -0.25) is 4.79 Å². The van der Waals surface area contributed by atoms with E-state index in [1.165, 1.54) is 6.20 Å². The molecule has 0 aromatic carbocycles. The Bertz CT molecular complexity index is 373. The van der Waals surface area contributed by atoms with Crippen molar-refractivity contribution in [1.82, 2.24) is 15.3 Å². The average molecular weight is 254 g/mol. The molecule has 7 nitrogen and oxygen atoms in total. The van der Waals surface area contributed by atoms with Gasteiger partial charge >= 0.3 is 0 Å². The van der Waals surface area contributed by atoms with E-state index in [1.807, 2.05) is 0 Å². The number of amides is 1. The van der Waals surface area contributed by atoms with Gasteiger partial charge in [0.05, 0.1) is 13.2 Å². The molecule has 0 saturated carbocycles. The number of methoxy groups -OCH3 is 2. The van der Waals surface area contributed by atoms with Crippen LogP contribution in [0.25, 0.3) is 0 Å². The van der Waals surface area contributed by atoms with Crippen LogP contribution in [0.15, 0.2) is 12.3 Å². The molecule has 0 bridgehead atoms. The maximum absolute atomic E-state index is 11.7. The number of hydrogen-bond donors (Lipinski definition) is 2. The molecule has 18 heavy (non-hydrogen) atoms. The molecule has 1 aromatic rings. The molecule has 2 N–H and O–H groups in total. The maximum Gasteiger partial charge on any atom is 0.270 e. The van der Waals surface area contributed by atoms with E-state index in [4.69, 9.17) is 9.47 Å². The molecule has 1 aromatic heterocycles. The number of aromatic nitrogens is 2. The Hall–Kier alpha value is -1.73. The van der Waals surface area contributed by atoms with Gasteiger partial charge in [-0.15, -0.1) is 0 Å². The first-order valence-electron chi connectivity index (χ1n) is 5.61. The van der Waals surface area contributed by atoms with Crippen molar-refractivity contribution in [2.45, 2.75) is 0 Å². The van der Waals surface area contributed by atoms with E-state index in [2.05, 4.69) is 20.6 Å². The molecule has 100 valence electrons. The van der Waals surface area contributed by atoms with Crippen LogP contribution in [0.2, 0.25) is 0 Å². The molecule has 1 heterocycles. The number of nitrogens with one attached hydrogen (secondary N) is 2. The van der Waals surface area contributed by atoms with Crippen molar-refractivity contribution in [3.05, 3.63) is 18.0 Å². The Balaban J connectivity index is 2.49. The molecule has 0 atom stereocenters. The number of carbonyl (C=O) groups is 1. The molecule has 0 spiro atoms. The molecule has 0 aliphatic carbocycles. The maximum atomic E-state index is 11.7. The fourth-order valence-corrected chi connectivity index (χ4v) is 1.19. The van der Waals surface area contributed by atoms with Crippen LogP contribution in [0.3, 0.4) is 0 Å². The molecule has 1 amide bonds. The van der Waals surface area contributed by atoms with Crippen LogP contribution in [0.1, 0.15) is 10.5 Å². The molecule has 0 saturated heterocycles. The Morgan fingerprint density at radius 2 is 2.00 bits per heavy atom. The average Bonchev–Trinajstić information content (AvgIpc) is 2.39. The van der Waals surface area contributed by atoms with Gasteiger partial charge in [-0.25, -0.2) is 9.97 Å². The van der Waals surface area contributed by atoms with E-state index in [0.717, 1.165) is 0 Å². The van der Waals surface area contributed by atoms with E-state index in [1.54, 1.807) is 20.3 Å². The summed E-state index contributed by atoms with van der Waals surface area (Å²) in [7, 11) is 3.19. The zero-order valence-electron chi connectivity index (χ0n) is 10.6. The summed E-state index contributed by atoms with van der Waals surface area (Å²) in [4.78, 5) is 19.8. The minimum Gasteiger partial charge on any atom is -0.383 e. The first kappa shape index (κ1) is 14.3. The number of rotatable bonds is 8. The Kier molecular flexibility index (Phi) is 6.67. The van der Waals surface area contributed by atoms with Crippen molar-refractivity contribution in [1.29, 1.82) is 0 Å². The summed E-state index contributed by atoms with van der Waals surface area (Å²) in [5.74, 6) is 0.163. The van der Waals surface area contributed by atoms with Gasteiger partial charge in [-0.1, -0.05) is 0 Å². The second-order valence-corrected chi connectivity index (χ2v) is 3.43. The van der Waals surface area contributed by atoms with Gasteiger partial charge in [0.15, 0.2) is 0 Å². The number of nitrogens with zero attached hydrogens (tertiary/aromatic N) is 2. The highest BCUT2D eigenvalue weighted by atomic mass is 16.5. The summed E-state index contributed by atoms with van der Waals surface area (Å²) < 4.78 is 9.74. The van der Waals surface area contributed by atoms with Crippen LogP contribution in [0.5, 0.6) is 0 Å². The van der Waals surface area contributed by atoms with Crippen LogP contribution < -0.4 is 10.6 Å². The van der Waals surface area contributed by atoms with Crippen LogP contribution in [0, 0.1) is 0 Å². The van der Waals surface area contributed by atoms with Crippen LogP contribution in [0.4, 0.5) is 5.95 Å². The summed E-state index contributed by atoms with van der Waals surface area (Å²) in [5.41, 5.74) is 0.320. The number of carbonyl (C=O) groups excluding carboxylic acids is 1. The van der Waals surface area contributed by atoms with Crippen molar-refractivity contribution in [3.63, 3.8) is 0 Å². The molecule has 1 rings (SSSR count). The van der Waals surface area contributed by atoms with Gasteiger partial charge < -0.3 is 20.1 Å². The van der Waals surface area contributed by atoms with Crippen molar-refractivity contribution >= 4 is 11.9 Å². The molecule has 0 radical (unpaired) electrons. The molecule has 0 unspecified atom stereocenters. The van der Waals surface area contributed by atoms with Crippen molar-refractivity contribution in [2.75, 3.05) is 45.8 Å². The Labute approximate surface area is 106 Å². The van der Waals surface area contributed by atoms with Gasteiger partial charge in [0, 0.05) is 33.5 Å². The summed E-state index contributed by atoms with van der Waals surface area (Å²) in [5, 5.41) is 5.64. The summed E-state index contributed by atoms with van der Waals surface area (Å²) in [6.07, 6.45) is 1.54. The van der Waals surface area contributed by atoms with Crippen molar-refractivity contribution < 1.29 is 14.3 Å². The minimum atomic E-state index is -0.246. The second kappa shape index (κ2) is 8.37. The van der Waals surface area contributed by atoms with E-state index >= 15 is 0 Å². The zero-order chi connectivity index (χ0) is 13.2. The smallest absolute Gasteiger partial charge is 0.270 e. The summed E-state index contributed by atoms with van der Waals surface area (Å²) >= 11 is 0. The van der Waals surface area contributed by atoms with Crippen LogP contribution in [-0.4, -0.2) is 56.4 Å². The molecule has 7 heteroatoms. The van der Waals surface area contributed by atoms with Crippen LogP contribution in [-0.2, 0) is 9.47 Å². The highest BCUT2D eigenvalue weighted by molar-refractivity contribution is 5.92. The van der Waals surface area contributed by atoms with Gasteiger partial charge in [0.2, 0.25) is 5.95 Å². The third-order valence-corrected chi connectivity index (χ3v) is 2.07. The lowest BCUT2D eigenvalue weighted by Gasteiger charge is -2.06. The third-order valence-electron chi connectivity index (χ3n) is 2.07. The molecule has 0 aliphatic rings. The lowest BCUT2D eigenvalue weighted by atomic mass is 10.4. The highest BCUT2D eigenvalue weighted by Crippen LogP contribution is 2.00. The monoisotopic (exact) mass is 254 g/mol. The zero-order valence-corrected chi connectivity index (χ0v) is 10.6. The highest BCUT2D eigenvalue weighted by Gasteiger charge is 2.07. The standard InChI is InChI=1S/C11H18N4O3/c1-17-7-5-12-10(16)9-3-4-13-11(15-9)14-6-8-18-2/h3-4H,5-8H2,1-2H3,(H,12,16)(H,13,14,15). The Morgan fingerprint density at radius 1 is 1.28 bits per heavy atom. The molecular weight excluding hydrogens is 236 g/mol. The third kappa shape index (κ3) is 5.07. The van der Waals surface area contributed by atoms with Gasteiger partial charge in [-0.2, -0.15) is 0 Å². The fraction of sp³-hybridized carbons (Fsp3) is 0.545. The lowest BCUT2D eigenvalue weighted by Crippen LogP contribution is -2.28. The Morgan fingerprint density at radius 3 is 2.72 bits per heavy atom. The largest absolute Gasteiger partial charge is 0.383 e. The van der Waals surface area contributed by atoms with Gasteiger partial charge in [-0.05, 0) is 6.07 Å². The van der Waals surface area contributed by atoms with E-state index in [0.29, 0.717) is 37.9 Å². The molecular formula is C11H18N4O3. The quantitative estimate of drug-likeness (QED) is 0.631. The molecule has 0 fully saturated rings. The van der Waals surface area contributed by atoms with Crippen molar-refractivity contribution in [2.24, 2.45) is 0 Å². The van der Waals surface area contributed by atoms with Crippen molar-refractivity contribution in [3.8, 4) is 0 Å². The number of ether oxygens (including phenoxy) is 2. The van der Waals surface area contributed by atoms with E-state index in [9.17, 15) is 4.79 Å². The van der Waals surface area contributed by atoms with Crippen LogP contribution >= 0.6 is 0 Å². The molecule has 0 aliphatic heterocycles. The fourth-order valence-electron chi connectivity index (χ4n) is 1.19. The minimum absolute atomic E-state index is 0.246. The number of hydrogen-bond acceptors (Lipinski definition) is 6. The summed E-state index contributed by atoms with van der Waals surface area (Å²) in [6.45, 7) is 2.06. The predicted octanol–water partition coefficient (Wildman–Crippen LogP) is -0.0889. The van der Waals surface area contributed by atoms with E-state index < -0.39 is 0 Å². The predicted molar refractivity (Wildman–Crippen MR) is 66.6 cm³/mol. The topological polar surface area (TPSA) is 85.4 Å². The first-order chi connectivity index (χ1) is 8.77. The normalized spacial score (nSPS) is 10.1.